The predicted molar refractivity (Wildman–Crippen MR) is 175 cm³/mol. The van der Waals surface area contributed by atoms with Crippen LogP contribution in [-0.4, -0.2) is 81.0 Å². The Morgan fingerprint density at radius 2 is 1.64 bits per heavy atom. The van der Waals surface area contributed by atoms with Crippen molar-refractivity contribution in [2.45, 2.75) is 98.8 Å². The van der Waals surface area contributed by atoms with Crippen molar-refractivity contribution in [1.82, 2.24) is 16.0 Å². The van der Waals surface area contributed by atoms with E-state index in [1.165, 1.54) is 7.11 Å². The molecule has 0 unspecified atom stereocenters. The highest BCUT2D eigenvalue weighted by molar-refractivity contribution is 5.96. The Bertz CT molecular complexity index is 1010. The van der Waals surface area contributed by atoms with Gasteiger partial charge in [0.05, 0.1) is 24.3 Å². The molecule has 4 atom stereocenters. The number of rotatable bonds is 21. The fourth-order valence-electron chi connectivity index (χ4n) is 4.77. The number of methoxy groups -OCH3 is 1. The number of aliphatic hydroxyl groups is 1. The summed E-state index contributed by atoms with van der Waals surface area (Å²) in [6, 6.07) is 6.27. The molecule has 0 aliphatic rings. The van der Waals surface area contributed by atoms with Gasteiger partial charge in [0.15, 0.2) is 0 Å². The van der Waals surface area contributed by atoms with Gasteiger partial charge in [-0.25, -0.2) is 4.79 Å². The quantitative estimate of drug-likeness (QED) is 0.110. The summed E-state index contributed by atoms with van der Waals surface area (Å²) in [6.07, 6.45) is 0.706. The smallest absolute Gasteiger partial charge is 0.407 e. The maximum Gasteiger partial charge on any atom is 0.407 e. The number of carbonyl (C=O) groups excluding carboxylic acids is 3. The molecule has 0 aliphatic heterocycles. The van der Waals surface area contributed by atoms with Gasteiger partial charge in [0, 0.05) is 26.1 Å². The highest BCUT2D eigenvalue weighted by Gasteiger charge is 2.33. The zero-order valence-corrected chi connectivity index (χ0v) is 28.9. The lowest BCUT2D eigenvalue weighted by Crippen LogP contribution is -2.49. The summed E-state index contributed by atoms with van der Waals surface area (Å²) in [5.41, 5.74) is -0.334. The van der Waals surface area contributed by atoms with E-state index in [1.807, 2.05) is 27.7 Å². The Labute approximate surface area is 270 Å². The normalized spacial score (nSPS) is 14.4. The van der Waals surface area contributed by atoms with E-state index in [0.717, 1.165) is 12.8 Å². The number of nitrogens with one attached hydrogen (secondary N) is 3. The zero-order chi connectivity index (χ0) is 34.0. The first kappa shape index (κ1) is 40.1. The number of alkyl carbamates (subject to hydrolysis) is 1. The molecular weight excluding hydrogens is 578 g/mol. The van der Waals surface area contributed by atoms with Crippen molar-refractivity contribution in [3.63, 3.8) is 0 Å². The van der Waals surface area contributed by atoms with Crippen LogP contribution in [0.15, 0.2) is 24.3 Å². The van der Waals surface area contributed by atoms with Gasteiger partial charge in [-0.1, -0.05) is 53.2 Å². The summed E-state index contributed by atoms with van der Waals surface area (Å²) in [5, 5.41) is 20.3. The van der Waals surface area contributed by atoms with Crippen molar-refractivity contribution in [2.75, 3.05) is 40.2 Å². The number of amides is 3. The monoisotopic (exact) mass is 637 g/mol. The van der Waals surface area contributed by atoms with Crippen LogP contribution in [0.2, 0.25) is 0 Å². The molecule has 0 heterocycles. The molecule has 11 heteroatoms. The number of unbranched alkanes of at least 4 members (excludes halogenated alkanes) is 1. The third-order valence-corrected chi connectivity index (χ3v) is 7.48. The van der Waals surface area contributed by atoms with Gasteiger partial charge in [0.25, 0.3) is 5.91 Å². The summed E-state index contributed by atoms with van der Waals surface area (Å²) < 4.78 is 21.4. The summed E-state index contributed by atoms with van der Waals surface area (Å²) >= 11 is 0. The molecule has 1 aromatic rings. The lowest BCUT2D eigenvalue weighted by atomic mass is 9.82. The fraction of sp³-hybridized carbons (Fsp3) is 0.735. The van der Waals surface area contributed by atoms with Crippen molar-refractivity contribution in [2.24, 2.45) is 23.7 Å². The molecule has 258 valence electrons. The van der Waals surface area contributed by atoms with Crippen LogP contribution in [0.1, 0.15) is 91.4 Å². The first-order valence-corrected chi connectivity index (χ1v) is 16.2. The topological polar surface area (TPSA) is 144 Å². The SMILES string of the molecule is CCCCNC(=O)[C@@H](C[C@H](O)[C@H](C[C@H](CNC(=O)c1ccccc1OCCOCOC)C(C)C)NC(=O)OC(C)(C)C)C(C)C. The molecule has 0 fully saturated rings. The standard InChI is InChI=1S/C34H59N3O8/c1-10-11-16-35-32(40)27(24(4)5)20-29(38)28(37-33(41)45-34(6,7)8)19-25(23(2)3)21-36-31(39)26-14-12-13-15-30(26)44-18-17-43-22-42-9/h12-15,23-25,27-29,38H,10-11,16-22H2,1-9H3,(H,35,40)(H,36,39)(H,37,41)/t25-,27+,28+,29+/m1/s1. The third kappa shape index (κ3) is 16.3. The molecule has 3 amide bonds. The molecule has 0 radical (unpaired) electrons. The average molecular weight is 638 g/mol. The Balaban J connectivity index is 3.07. The lowest BCUT2D eigenvalue weighted by molar-refractivity contribution is -0.127. The number of para-hydroxylation sites is 1. The van der Waals surface area contributed by atoms with Crippen LogP contribution in [0.25, 0.3) is 0 Å². The minimum atomic E-state index is -1.02. The first-order valence-electron chi connectivity index (χ1n) is 16.2. The third-order valence-electron chi connectivity index (χ3n) is 7.48. The van der Waals surface area contributed by atoms with Gasteiger partial charge in [-0.3, -0.25) is 9.59 Å². The predicted octanol–water partition coefficient (Wildman–Crippen LogP) is 4.91. The van der Waals surface area contributed by atoms with Gasteiger partial charge in [0.2, 0.25) is 5.91 Å². The van der Waals surface area contributed by atoms with E-state index in [9.17, 15) is 19.5 Å². The van der Waals surface area contributed by atoms with E-state index in [2.05, 4.69) is 22.9 Å². The molecule has 0 aliphatic carbocycles. The zero-order valence-electron chi connectivity index (χ0n) is 28.9. The van der Waals surface area contributed by atoms with Crippen molar-refractivity contribution >= 4 is 17.9 Å². The maximum atomic E-state index is 13.3. The second-order valence-corrected chi connectivity index (χ2v) is 13.2. The van der Waals surface area contributed by atoms with Gasteiger partial charge < -0.3 is 40.0 Å². The second-order valence-electron chi connectivity index (χ2n) is 13.2. The van der Waals surface area contributed by atoms with Crippen LogP contribution in [0.5, 0.6) is 5.75 Å². The minimum Gasteiger partial charge on any atom is -0.490 e. The molecule has 45 heavy (non-hydrogen) atoms. The largest absolute Gasteiger partial charge is 0.490 e. The van der Waals surface area contributed by atoms with Gasteiger partial charge in [-0.2, -0.15) is 0 Å². The van der Waals surface area contributed by atoms with E-state index in [-0.39, 0.29) is 49.4 Å². The number of hydrogen-bond acceptors (Lipinski definition) is 8. The number of carbonyl (C=O) groups is 3. The highest BCUT2D eigenvalue weighted by Crippen LogP contribution is 2.25. The molecule has 0 saturated heterocycles. The van der Waals surface area contributed by atoms with Gasteiger partial charge in [-0.15, -0.1) is 0 Å². The van der Waals surface area contributed by atoms with Gasteiger partial charge >= 0.3 is 6.09 Å². The molecule has 4 N–H and O–H groups in total. The number of benzene rings is 1. The van der Waals surface area contributed by atoms with Crippen molar-refractivity contribution in [3.8, 4) is 5.75 Å². The van der Waals surface area contributed by atoms with Crippen molar-refractivity contribution < 1.29 is 38.4 Å². The van der Waals surface area contributed by atoms with Gasteiger partial charge in [0.1, 0.15) is 24.8 Å². The fourth-order valence-corrected chi connectivity index (χ4v) is 4.77. The summed E-state index contributed by atoms with van der Waals surface area (Å²) in [7, 11) is 1.54. The van der Waals surface area contributed by atoms with E-state index >= 15 is 0 Å². The Morgan fingerprint density at radius 3 is 2.24 bits per heavy atom. The molecule has 1 rings (SSSR count). The molecule has 1 aromatic carbocycles. The molecule has 0 spiro atoms. The Morgan fingerprint density at radius 1 is 0.956 bits per heavy atom. The van der Waals surface area contributed by atoms with Crippen molar-refractivity contribution in [3.05, 3.63) is 29.8 Å². The summed E-state index contributed by atoms with van der Waals surface area (Å²) in [5.74, 6) is -0.430. The van der Waals surface area contributed by atoms with Crippen LogP contribution < -0.4 is 20.7 Å². The van der Waals surface area contributed by atoms with E-state index in [0.29, 0.717) is 37.4 Å². The van der Waals surface area contributed by atoms with Crippen LogP contribution in [0, 0.1) is 23.7 Å². The second kappa shape index (κ2) is 21.0. The van der Waals surface area contributed by atoms with E-state index < -0.39 is 29.8 Å². The maximum absolute atomic E-state index is 13.3. The average Bonchev–Trinajstić information content (AvgIpc) is 2.95. The lowest BCUT2D eigenvalue weighted by Gasteiger charge is -2.33. The molecule has 0 saturated carbocycles. The van der Waals surface area contributed by atoms with Gasteiger partial charge in [-0.05, 0) is 69.9 Å². The Kier molecular flexibility index (Phi) is 18.7. The first-order chi connectivity index (χ1) is 21.2. The van der Waals surface area contributed by atoms with E-state index in [4.69, 9.17) is 18.9 Å². The Hall–Kier alpha value is -2.89. The number of hydrogen-bond donors (Lipinski definition) is 4. The van der Waals surface area contributed by atoms with Crippen LogP contribution in [0.3, 0.4) is 0 Å². The molecule has 0 bridgehead atoms. The molecule has 0 aromatic heterocycles. The van der Waals surface area contributed by atoms with Crippen LogP contribution >= 0.6 is 0 Å². The van der Waals surface area contributed by atoms with Crippen LogP contribution in [0.4, 0.5) is 4.79 Å². The summed E-state index contributed by atoms with van der Waals surface area (Å²) in [4.78, 5) is 39.1. The minimum absolute atomic E-state index is 0.0162. The van der Waals surface area contributed by atoms with Crippen molar-refractivity contribution in [1.29, 1.82) is 0 Å². The van der Waals surface area contributed by atoms with E-state index in [1.54, 1.807) is 45.0 Å². The number of aliphatic hydroxyl groups excluding tert-OH is 1. The highest BCUT2D eigenvalue weighted by atomic mass is 16.7. The molecular formula is C34H59N3O8. The van der Waals surface area contributed by atoms with Crippen LogP contribution in [-0.2, 0) is 19.0 Å². The molecule has 11 nitrogen and oxygen atoms in total. The summed E-state index contributed by atoms with van der Waals surface area (Å²) in [6.45, 7) is 16.9. The number of ether oxygens (including phenoxy) is 4.